The second-order valence-electron chi connectivity index (χ2n) is 5.58. The number of nitrogens with one attached hydrogen (secondary N) is 1. The predicted octanol–water partition coefficient (Wildman–Crippen LogP) is 1.28. The van der Waals surface area contributed by atoms with E-state index in [0.717, 1.165) is 0 Å². The molecule has 3 rings (SSSR count). The topological polar surface area (TPSA) is 129 Å². The molecular weight excluding hydrogens is 374 g/mol. The standard InChI is InChI=1S/C16H17N5O5S/c1-21-9-7-13(20-21)15-18-19-16(26-15)17-14(22)8-10-27(23,24)12-5-3-11(25-2)4-6-12/h3-7,9H,8,10H2,1-2H3,(H,17,19,22). The van der Waals surface area contributed by atoms with E-state index in [9.17, 15) is 13.2 Å². The van der Waals surface area contributed by atoms with Gasteiger partial charge in [0.05, 0.1) is 17.8 Å². The van der Waals surface area contributed by atoms with E-state index in [0.29, 0.717) is 11.4 Å². The molecule has 0 unspecified atom stereocenters. The minimum Gasteiger partial charge on any atom is -0.497 e. The molecule has 3 aromatic rings. The molecule has 142 valence electrons. The highest BCUT2D eigenvalue weighted by Gasteiger charge is 2.18. The molecule has 2 aromatic heterocycles. The van der Waals surface area contributed by atoms with Crippen LogP contribution in [0.4, 0.5) is 6.01 Å². The van der Waals surface area contributed by atoms with Gasteiger partial charge in [0, 0.05) is 19.7 Å². The number of hydrogen-bond donors (Lipinski definition) is 1. The molecule has 0 fully saturated rings. The van der Waals surface area contributed by atoms with Gasteiger partial charge in [0.25, 0.3) is 5.89 Å². The van der Waals surface area contributed by atoms with E-state index in [1.807, 2.05) is 0 Å². The van der Waals surface area contributed by atoms with Crippen molar-refractivity contribution in [2.75, 3.05) is 18.2 Å². The molecule has 0 aliphatic heterocycles. The highest BCUT2D eigenvalue weighted by Crippen LogP contribution is 2.19. The van der Waals surface area contributed by atoms with E-state index in [-0.39, 0.29) is 29.0 Å². The number of methoxy groups -OCH3 is 1. The summed E-state index contributed by atoms with van der Waals surface area (Å²) in [7, 11) is -0.371. The highest BCUT2D eigenvalue weighted by atomic mass is 32.2. The van der Waals surface area contributed by atoms with Crippen molar-refractivity contribution in [3.05, 3.63) is 36.5 Å². The number of amides is 1. The Kier molecular flexibility index (Phi) is 5.21. The predicted molar refractivity (Wildman–Crippen MR) is 94.8 cm³/mol. The Balaban J connectivity index is 1.58. The molecule has 1 N–H and O–H groups in total. The van der Waals surface area contributed by atoms with Crippen LogP contribution in [-0.4, -0.2) is 47.2 Å². The molecule has 1 aromatic carbocycles. The lowest BCUT2D eigenvalue weighted by atomic mass is 10.3. The van der Waals surface area contributed by atoms with Crippen LogP contribution in [0.5, 0.6) is 5.75 Å². The van der Waals surface area contributed by atoms with E-state index in [2.05, 4.69) is 20.6 Å². The average molecular weight is 391 g/mol. The van der Waals surface area contributed by atoms with Crippen LogP contribution in [0, 0.1) is 0 Å². The molecule has 0 saturated carbocycles. The highest BCUT2D eigenvalue weighted by molar-refractivity contribution is 7.91. The fourth-order valence-electron chi connectivity index (χ4n) is 2.22. The van der Waals surface area contributed by atoms with Crippen molar-refractivity contribution < 1.29 is 22.4 Å². The number of ether oxygens (including phenoxy) is 1. The summed E-state index contributed by atoms with van der Waals surface area (Å²) in [6.45, 7) is 0. The van der Waals surface area contributed by atoms with Crippen LogP contribution in [0.2, 0.25) is 0 Å². The number of benzene rings is 1. The van der Waals surface area contributed by atoms with Gasteiger partial charge in [-0.25, -0.2) is 8.42 Å². The van der Waals surface area contributed by atoms with Crippen LogP contribution in [0.3, 0.4) is 0 Å². The van der Waals surface area contributed by atoms with Gasteiger partial charge in [0.1, 0.15) is 11.4 Å². The first-order valence-corrected chi connectivity index (χ1v) is 9.53. The molecule has 10 nitrogen and oxygen atoms in total. The fourth-order valence-corrected chi connectivity index (χ4v) is 3.46. The molecule has 0 atom stereocenters. The number of aryl methyl sites for hydroxylation is 1. The van der Waals surface area contributed by atoms with Gasteiger partial charge >= 0.3 is 6.01 Å². The maximum atomic E-state index is 12.3. The van der Waals surface area contributed by atoms with Crippen molar-refractivity contribution in [2.24, 2.45) is 7.05 Å². The molecule has 2 heterocycles. The largest absolute Gasteiger partial charge is 0.497 e. The molecule has 27 heavy (non-hydrogen) atoms. The number of rotatable bonds is 7. The molecule has 0 aliphatic rings. The Morgan fingerprint density at radius 1 is 1.22 bits per heavy atom. The van der Waals surface area contributed by atoms with Crippen LogP contribution in [0.25, 0.3) is 11.6 Å². The molecule has 0 aliphatic carbocycles. The second-order valence-corrected chi connectivity index (χ2v) is 7.69. The van der Waals surface area contributed by atoms with Crippen LogP contribution < -0.4 is 10.1 Å². The summed E-state index contributed by atoms with van der Waals surface area (Å²) in [4.78, 5) is 12.1. The quantitative estimate of drug-likeness (QED) is 0.638. The van der Waals surface area contributed by atoms with Crippen LogP contribution in [0.15, 0.2) is 45.8 Å². The summed E-state index contributed by atoms with van der Waals surface area (Å²) in [6.07, 6.45) is 1.46. The lowest BCUT2D eigenvalue weighted by Crippen LogP contribution is -2.17. The maximum absolute atomic E-state index is 12.3. The van der Waals surface area contributed by atoms with Gasteiger partial charge in [-0.1, -0.05) is 5.10 Å². The van der Waals surface area contributed by atoms with Crippen LogP contribution >= 0.6 is 0 Å². The first-order chi connectivity index (χ1) is 12.9. The van der Waals surface area contributed by atoms with Crippen molar-refractivity contribution >= 4 is 21.8 Å². The zero-order valence-corrected chi connectivity index (χ0v) is 15.4. The van der Waals surface area contributed by atoms with Crippen molar-refractivity contribution in [2.45, 2.75) is 11.3 Å². The summed E-state index contributed by atoms with van der Waals surface area (Å²) in [5, 5.41) is 14.0. The van der Waals surface area contributed by atoms with E-state index in [1.54, 1.807) is 36.1 Å². The number of carbonyl (C=O) groups excluding carboxylic acids is 1. The Morgan fingerprint density at radius 3 is 2.59 bits per heavy atom. The Morgan fingerprint density at radius 2 is 1.96 bits per heavy atom. The van der Waals surface area contributed by atoms with Gasteiger partial charge in [-0.15, -0.1) is 5.10 Å². The number of nitrogens with zero attached hydrogens (tertiary/aromatic N) is 4. The maximum Gasteiger partial charge on any atom is 0.322 e. The third-order valence-electron chi connectivity index (χ3n) is 3.62. The third-order valence-corrected chi connectivity index (χ3v) is 5.35. The summed E-state index contributed by atoms with van der Waals surface area (Å²) < 4.78 is 36.5. The Labute approximate surface area is 155 Å². The SMILES string of the molecule is COc1ccc(S(=O)(=O)CCC(=O)Nc2nnc(-c3ccn(C)n3)o2)cc1. The molecule has 0 radical (unpaired) electrons. The molecule has 0 spiro atoms. The lowest BCUT2D eigenvalue weighted by Gasteiger charge is -2.05. The number of carbonyl (C=O) groups is 1. The van der Waals surface area contributed by atoms with E-state index in [4.69, 9.17) is 9.15 Å². The smallest absolute Gasteiger partial charge is 0.322 e. The molecule has 0 saturated heterocycles. The third kappa shape index (κ3) is 4.50. The van der Waals surface area contributed by atoms with Crippen molar-refractivity contribution in [3.8, 4) is 17.3 Å². The fraction of sp³-hybridized carbons (Fsp3) is 0.250. The summed E-state index contributed by atoms with van der Waals surface area (Å²) in [6, 6.07) is 7.52. The Bertz CT molecular complexity index is 1040. The van der Waals surface area contributed by atoms with Crippen molar-refractivity contribution in [1.82, 2.24) is 20.0 Å². The van der Waals surface area contributed by atoms with Gasteiger partial charge < -0.3 is 9.15 Å². The van der Waals surface area contributed by atoms with Crippen molar-refractivity contribution in [1.29, 1.82) is 0 Å². The minimum atomic E-state index is -3.60. The zero-order chi connectivity index (χ0) is 19.4. The number of anilines is 1. The molecule has 11 heteroatoms. The number of sulfone groups is 1. The van der Waals surface area contributed by atoms with E-state index in [1.165, 1.54) is 19.2 Å². The summed E-state index contributed by atoms with van der Waals surface area (Å²) in [5.74, 6) is -0.210. The van der Waals surface area contributed by atoms with Gasteiger partial charge in [-0.05, 0) is 30.3 Å². The normalized spacial score (nSPS) is 11.3. The zero-order valence-electron chi connectivity index (χ0n) is 14.6. The average Bonchev–Trinajstić information content (AvgIpc) is 3.29. The van der Waals surface area contributed by atoms with Gasteiger partial charge in [0.2, 0.25) is 5.91 Å². The summed E-state index contributed by atoms with van der Waals surface area (Å²) in [5.41, 5.74) is 0.465. The van der Waals surface area contributed by atoms with Crippen molar-refractivity contribution in [3.63, 3.8) is 0 Å². The van der Waals surface area contributed by atoms with Crippen LogP contribution in [0.1, 0.15) is 6.42 Å². The molecule has 0 bridgehead atoms. The number of hydrogen-bond acceptors (Lipinski definition) is 8. The molecular formula is C16H17N5O5S. The first-order valence-electron chi connectivity index (χ1n) is 7.87. The van der Waals surface area contributed by atoms with Gasteiger partial charge in [-0.2, -0.15) is 5.10 Å². The number of aromatic nitrogens is 4. The lowest BCUT2D eigenvalue weighted by molar-refractivity contribution is -0.115. The first kappa shape index (κ1) is 18.6. The Hall–Kier alpha value is -3.21. The van der Waals surface area contributed by atoms with Gasteiger partial charge in [-0.3, -0.25) is 14.8 Å². The summed E-state index contributed by atoms with van der Waals surface area (Å²) >= 11 is 0. The van der Waals surface area contributed by atoms with E-state index < -0.39 is 15.7 Å². The monoisotopic (exact) mass is 391 g/mol. The second kappa shape index (κ2) is 7.58. The minimum absolute atomic E-state index is 0.117. The van der Waals surface area contributed by atoms with Crippen LogP contribution in [-0.2, 0) is 21.7 Å². The van der Waals surface area contributed by atoms with E-state index >= 15 is 0 Å². The molecule has 1 amide bonds. The van der Waals surface area contributed by atoms with Gasteiger partial charge in [0.15, 0.2) is 9.84 Å².